The zero-order valence-electron chi connectivity index (χ0n) is 29.3. The Morgan fingerprint density at radius 1 is 0.891 bits per heavy atom. The van der Waals surface area contributed by atoms with Gasteiger partial charge < -0.3 is 25.3 Å². The van der Waals surface area contributed by atoms with E-state index in [1.54, 1.807) is 11.8 Å². The molecule has 3 amide bonds. The molecule has 6 fully saturated rings. The fourth-order valence-electron chi connectivity index (χ4n) is 11.6. The zero-order valence-corrected chi connectivity index (χ0v) is 29.3. The highest BCUT2D eigenvalue weighted by atomic mass is 16.3. The molecule has 2 aliphatic heterocycles. The van der Waals surface area contributed by atoms with E-state index in [4.69, 9.17) is 0 Å². The van der Waals surface area contributed by atoms with Crippen molar-refractivity contribution in [1.82, 2.24) is 20.0 Å². The van der Waals surface area contributed by atoms with Crippen LogP contribution in [0.5, 0.6) is 0 Å². The summed E-state index contributed by atoms with van der Waals surface area (Å²) in [6.07, 6.45) is 10.7. The van der Waals surface area contributed by atoms with Crippen molar-refractivity contribution >= 4 is 17.7 Å². The number of likely N-dealkylation sites (tertiary alicyclic amines) is 1. The van der Waals surface area contributed by atoms with Crippen LogP contribution in [-0.2, 0) is 14.4 Å². The van der Waals surface area contributed by atoms with Gasteiger partial charge in [0.2, 0.25) is 17.7 Å². The maximum atomic E-state index is 13.9. The van der Waals surface area contributed by atoms with Gasteiger partial charge >= 0.3 is 0 Å². The number of nitrogens with zero attached hydrogens (tertiary/aromatic N) is 3. The third-order valence-corrected chi connectivity index (χ3v) is 14.2. The Bertz CT molecular complexity index is 1140. The standard InChI is InChI=1S/C37H62N4O5/c1-6-33(44)38-28(20-23(2)3)34(45)41-15-7-8-29(41)35(46)40-18-16-39(17-19-40)30-22-37(5)24(21-31(30)42)9-10-25-26-11-12-32(43)36(26,4)14-13-27(25)37/h23-32,42-43H,6-22H2,1-5H3,(H,38,44)/t24-,25-,26-,27-,28-,29-,30-,31-,32-,36-,37-/m0/s1. The Morgan fingerprint density at radius 2 is 1.61 bits per heavy atom. The van der Waals surface area contributed by atoms with E-state index in [1.807, 2.05) is 18.7 Å². The Balaban J connectivity index is 1.08. The molecule has 6 aliphatic rings. The Kier molecular flexibility index (Phi) is 9.88. The molecule has 9 heteroatoms. The largest absolute Gasteiger partial charge is 0.393 e. The van der Waals surface area contributed by atoms with Gasteiger partial charge in [0.1, 0.15) is 12.1 Å². The molecule has 0 aromatic heterocycles. The van der Waals surface area contributed by atoms with E-state index >= 15 is 0 Å². The van der Waals surface area contributed by atoms with Crippen molar-refractivity contribution in [3.8, 4) is 0 Å². The first-order chi connectivity index (χ1) is 21.9. The first kappa shape index (κ1) is 34.2. The van der Waals surface area contributed by atoms with Crippen LogP contribution in [0, 0.1) is 40.4 Å². The van der Waals surface area contributed by atoms with Crippen molar-refractivity contribution in [3.05, 3.63) is 0 Å². The first-order valence-corrected chi connectivity index (χ1v) is 18.9. The number of aliphatic hydroxyl groups is 2. The zero-order chi connectivity index (χ0) is 33.0. The number of fused-ring (bicyclic) bond motifs is 5. The average Bonchev–Trinajstić information content (AvgIpc) is 3.64. The van der Waals surface area contributed by atoms with E-state index in [0.717, 1.165) is 51.6 Å². The molecule has 0 radical (unpaired) electrons. The monoisotopic (exact) mass is 642 g/mol. The van der Waals surface area contributed by atoms with Gasteiger partial charge in [-0.25, -0.2) is 0 Å². The minimum atomic E-state index is -0.591. The van der Waals surface area contributed by atoms with Crippen LogP contribution >= 0.6 is 0 Å². The lowest BCUT2D eigenvalue weighted by Crippen LogP contribution is -2.63. The molecule has 0 aromatic carbocycles. The summed E-state index contributed by atoms with van der Waals surface area (Å²) in [5.74, 6) is 2.57. The fraction of sp³-hybridized carbons (Fsp3) is 0.919. The molecule has 0 aromatic rings. The maximum Gasteiger partial charge on any atom is 0.245 e. The van der Waals surface area contributed by atoms with Crippen molar-refractivity contribution in [1.29, 1.82) is 0 Å². The van der Waals surface area contributed by atoms with Gasteiger partial charge in [-0.15, -0.1) is 0 Å². The van der Waals surface area contributed by atoms with Crippen molar-refractivity contribution in [2.24, 2.45) is 40.4 Å². The van der Waals surface area contributed by atoms with Gasteiger partial charge in [-0.2, -0.15) is 0 Å². The Hall–Kier alpha value is -1.71. The van der Waals surface area contributed by atoms with Crippen molar-refractivity contribution < 1.29 is 24.6 Å². The summed E-state index contributed by atoms with van der Waals surface area (Å²) >= 11 is 0. The summed E-state index contributed by atoms with van der Waals surface area (Å²) in [6, 6.07) is -0.938. The topological polar surface area (TPSA) is 113 Å². The number of nitrogens with one attached hydrogen (secondary N) is 1. The van der Waals surface area contributed by atoms with E-state index in [-0.39, 0.29) is 52.7 Å². The third-order valence-electron chi connectivity index (χ3n) is 14.2. The number of carbonyl (C=O) groups excluding carboxylic acids is 3. The van der Waals surface area contributed by atoms with Gasteiger partial charge in [0.05, 0.1) is 12.2 Å². The van der Waals surface area contributed by atoms with E-state index < -0.39 is 12.1 Å². The van der Waals surface area contributed by atoms with Crippen molar-refractivity contribution in [2.45, 2.75) is 142 Å². The third kappa shape index (κ3) is 6.04. The van der Waals surface area contributed by atoms with Crippen LogP contribution in [0.4, 0.5) is 0 Å². The minimum absolute atomic E-state index is 0.0333. The lowest BCUT2D eigenvalue weighted by molar-refractivity contribution is -0.158. The minimum Gasteiger partial charge on any atom is -0.393 e. The summed E-state index contributed by atoms with van der Waals surface area (Å²) in [5, 5.41) is 25.3. The Morgan fingerprint density at radius 3 is 2.30 bits per heavy atom. The Labute approximate surface area is 277 Å². The van der Waals surface area contributed by atoms with Gasteiger partial charge in [0.15, 0.2) is 0 Å². The second-order valence-corrected chi connectivity index (χ2v) is 17.0. The number of piperazine rings is 1. The lowest BCUT2D eigenvalue weighted by Gasteiger charge is -2.62. The average molecular weight is 643 g/mol. The van der Waals surface area contributed by atoms with Gasteiger partial charge in [-0.05, 0) is 111 Å². The maximum absolute atomic E-state index is 13.9. The molecular weight excluding hydrogens is 580 g/mol. The molecule has 46 heavy (non-hydrogen) atoms. The van der Waals surface area contributed by atoms with E-state index in [1.165, 1.54) is 19.3 Å². The number of amides is 3. The highest BCUT2D eigenvalue weighted by molar-refractivity contribution is 5.92. The molecule has 2 saturated heterocycles. The molecule has 9 nitrogen and oxygen atoms in total. The fourth-order valence-corrected chi connectivity index (χ4v) is 11.6. The first-order valence-electron chi connectivity index (χ1n) is 18.9. The summed E-state index contributed by atoms with van der Waals surface area (Å²) < 4.78 is 0. The molecule has 2 heterocycles. The molecule has 0 bridgehead atoms. The van der Waals surface area contributed by atoms with E-state index in [0.29, 0.717) is 62.6 Å². The summed E-state index contributed by atoms with van der Waals surface area (Å²) in [7, 11) is 0. The number of rotatable bonds is 7. The molecule has 4 aliphatic carbocycles. The highest BCUT2D eigenvalue weighted by Crippen LogP contribution is 2.66. The summed E-state index contributed by atoms with van der Waals surface area (Å²) in [6.45, 7) is 14.1. The van der Waals surface area contributed by atoms with Crippen molar-refractivity contribution in [2.75, 3.05) is 32.7 Å². The predicted octanol–water partition coefficient (Wildman–Crippen LogP) is 3.81. The second-order valence-electron chi connectivity index (χ2n) is 17.0. The predicted molar refractivity (Wildman–Crippen MR) is 177 cm³/mol. The van der Waals surface area contributed by atoms with Gasteiger partial charge in [-0.1, -0.05) is 34.6 Å². The van der Waals surface area contributed by atoms with Crippen LogP contribution in [0.1, 0.15) is 112 Å². The van der Waals surface area contributed by atoms with Crippen LogP contribution < -0.4 is 5.32 Å². The second kappa shape index (κ2) is 13.3. The van der Waals surface area contributed by atoms with E-state index in [9.17, 15) is 24.6 Å². The van der Waals surface area contributed by atoms with Crippen molar-refractivity contribution in [3.63, 3.8) is 0 Å². The molecule has 3 N–H and O–H groups in total. The van der Waals surface area contributed by atoms with Crippen LogP contribution in [0.25, 0.3) is 0 Å². The quantitative estimate of drug-likeness (QED) is 0.390. The number of carbonyl (C=O) groups is 3. The SMILES string of the molecule is CCC(=O)N[C@@H](CC(C)C)C(=O)N1CCC[C@H]1C(=O)N1CCN([C@H]2C[C@@]3(C)[C@@H](CC[C@@H]4[C@@H]3CC[C@]3(C)[C@@H](O)CC[C@@H]43)C[C@@H]2O)CC1. The van der Waals surface area contributed by atoms with Gasteiger partial charge in [-0.3, -0.25) is 19.3 Å². The normalized spacial score (nSPS) is 41.9. The summed E-state index contributed by atoms with van der Waals surface area (Å²) in [4.78, 5) is 45.9. The number of hydrogen-bond donors (Lipinski definition) is 3. The number of hydrogen-bond acceptors (Lipinski definition) is 6. The molecule has 0 spiro atoms. The lowest BCUT2D eigenvalue weighted by atomic mass is 9.44. The van der Waals surface area contributed by atoms with Gasteiger partial charge in [0, 0.05) is 45.2 Å². The molecule has 260 valence electrons. The molecule has 4 saturated carbocycles. The van der Waals surface area contributed by atoms with Crippen LogP contribution in [0.15, 0.2) is 0 Å². The number of aliphatic hydroxyl groups excluding tert-OH is 2. The van der Waals surface area contributed by atoms with Gasteiger partial charge in [0.25, 0.3) is 0 Å². The molecular formula is C37H62N4O5. The van der Waals surface area contributed by atoms with Crippen LogP contribution in [0.2, 0.25) is 0 Å². The van der Waals surface area contributed by atoms with Crippen LogP contribution in [-0.4, -0.2) is 106 Å². The van der Waals surface area contributed by atoms with Crippen LogP contribution in [0.3, 0.4) is 0 Å². The summed E-state index contributed by atoms with van der Waals surface area (Å²) in [5.41, 5.74) is 0.290. The molecule has 11 atom stereocenters. The highest BCUT2D eigenvalue weighted by Gasteiger charge is 2.61. The molecule has 6 rings (SSSR count). The molecule has 0 unspecified atom stereocenters. The van der Waals surface area contributed by atoms with E-state index in [2.05, 4.69) is 24.1 Å². The smallest absolute Gasteiger partial charge is 0.245 e.